The lowest BCUT2D eigenvalue weighted by atomic mass is 10.3. The predicted molar refractivity (Wildman–Crippen MR) is 58.2 cm³/mol. The number of nitrogens with zero attached hydrogens (tertiary/aromatic N) is 2. The number of rotatable bonds is 4. The Morgan fingerprint density at radius 3 is 2.93 bits per heavy atom. The van der Waals surface area contributed by atoms with Gasteiger partial charge in [0.2, 0.25) is 0 Å². The van der Waals surface area contributed by atoms with Crippen molar-refractivity contribution in [2.45, 2.75) is 6.92 Å². The quantitative estimate of drug-likeness (QED) is 0.401. The number of nitrogens with one attached hydrogen (secondary N) is 2. The summed E-state index contributed by atoms with van der Waals surface area (Å²) < 4.78 is 0. The van der Waals surface area contributed by atoms with Crippen molar-refractivity contribution in [1.29, 1.82) is 0 Å². The summed E-state index contributed by atoms with van der Waals surface area (Å²) in [5.74, 6) is 5.70. The molecule has 0 aromatic carbocycles. The number of hydrogen-bond donors (Lipinski definition) is 3. The summed E-state index contributed by atoms with van der Waals surface area (Å²) in [6.07, 6.45) is 0. The Hall–Kier alpha value is -1.33. The monoisotopic (exact) mass is 213 g/mol. The molecule has 0 unspecified atom stereocenters. The second kappa shape index (κ2) is 4.78. The number of anilines is 2. The Bertz CT molecular complexity index is 339. The molecule has 1 aromatic rings. The Morgan fingerprint density at radius 1 is 1.64 bits per heavy atom. The minimum Gasteiger partial charge on any atom is -0.378 e. The summed E-state index contributed by atoms with van der Waals surface area (Å²) in [5.41, 5.74) is 4.13. The molecule has 0 amide bonds. The highest BCUT2D eigenvalue weighted by Crippen LogP contribution is 2.19. The van der Waals surface area contributed by atoms with Gasteiger partial charge in [0.15, 0.2) is 11.0 Å². The van der Waals surface area contributed by atoms with Gasteiger partial charge in [-0.15, -0.1) is 10.2 Å². The standard InChI is InChI=1S/C8H12ClN5/c1-5(2)4-11-6-3-7(9)13-14-8(6)12-10/h3H,1,4,10H2,2H3,(H,11,13)(H,12,14). The minimum absolute atomic E-state index is 0.313. The Balaban J connectivity index is 2.82. The minimum atomic E-state index is 0.313. The maximum Gasteiger partial charge on any atom is 0.186 e. The van der Waals surface area contributed by atoms with Gasteiger partial charge in [-0.05, 0) is 6.92 Å². The highest BCUT2D eigenvalue weighted by molar-refractivity contribution is 6.29. The average Bonchev–Trinajstić information content (AvgIpc) is 2.15. The molecule has 0 spiro atoms. The number of hydrazine groups is 1. The van der Waals surface area contributed by atoms with Crippen molar-refractivity contribution >= 4 is 23.1 Å². The molecular formula is C8H12ClN5. The molecule has 6 heteroatoms. The van der Waals surface area contributed by atoms with Crippen LogP contribution in [-0.4, -0.2) is 16.7 Å². The smallest absolute Gasteiger partial charge is 0.186 e. The van der Waals surface area contributed by atoms with E-state index in [1.54, 1.807) is 6.07 Å². The van der Waals surface area contributed by atoms with Crippen LogP contribution in [0.4, 0.5) is 11.5 Å². The molecule has 1 heterocycles. The maximum absolute atomic E-state index is 5.68. The Labute approximate surface area is 87.3 Å². The summed E-state index contributed by atoms with van der Waals surface area (Å²) in [4.78, 5) is 0. The largest absolute Gasteiger partial charge is 0.378 e. The lowest BCUT2D eigenvalue weighted by Gasteiger charge is -2.09. The molecule has 0 saturated carbocycles. The molecule has 76 valence electrons. The van der Waals surface area contributed by atoms with Gasteiger partial charge >= 0.3 is 0 Å². The Morgan fingerprint density at radius 2 is 2.36 bits per heavy atom. The fourth-order valence-corrected chi connectivity index (χ4v) is 1.00. The van der Waals surface area contributed by atoms with Crippen LogP contribution in [0, 0.1) is 0 Å². The van der Waals surface area contributed by atoms with Crippen LogP contribution in [0.1, 0.15) is 6.92 Å². The van der Waals surface area contributed by atoms with Crippen molar-refractivity contribution in [2.24, 2.45) is 5.84 Å². The van der Waals surface area contributed by atoms with Crippen LogP contribution in [0.3, 0.4) is 0 Å². The molecule has 0 aliphatic heterocycles. The van der Waals surface area contributed by atoms with Crippen LogP contribution in [0.5, 0.6) is 0 Å². The number of nitrogens with two attached hydrogens (primary N) is 1. The summed E-state index contributed by atoms with van der Waals surface area (Å²) >= 11 is 5.68. The van der Waals surface area contributed by atoms with E-state index in [2.05, 4.69) is 27.5 Å². The van der Waals surface area contributed by atoms with Gasteiger partial charge in [-0.1, -0.05) is 23.8 Å². The molecule has 0 aliphatic rings. The molecule has 0 aliphatic carbocycles. The van der Waals surface area contributed by atoms with E-state index in [1.807, 2.05) is 6.92 Å². The van der Waals surface area contributed by atoms with E-state index in [9.17, 15) is 0 Å². The summed E-state index contributed by atoms with van der Waals surface area (Å²) in [7, 11) is 0. The Kier molecular flexibility index (Phi) is 3.67. The number of hydrogen-bond acceptors (Lipinski definition) is 5. The summed E-state index contributed by atoms with van der Waals surface area (Å²) in [6, 6.07) is 1.65. The lowest BCUT2D eigenvalue weighted by molar-refractivity contribution is 1.02. The predicted octanol–water partition coefficient (Wildman–Crippen LogP) is 1.40. The third kappa shape index (κ3) is 2.86. The molecular weight excluding hydrogens is 202 g/mol. The van der Waals surface area contributed by atoms with E-state index in [0.29, 0.717) is 23.2 Å². The molecule has 0 saturated heterocycles. The van der Waals surface area contributed by atoms with E-state index in [4.69, 9.17) is 17.4 Å². The van der Waals surface area contributed by atoms with E-state index in [0.717, 1.165) is 5.57 Å². The van der Waals surface area contributed by atoms with Crippen LogP contribution in [0.2, 0.25) is 5.15 Å². The number of halogens is 1. The van der Waals surface area contributed by atoms with Crippen LogP contribution in [0.25, 0.3) is 0 Å². The zero-order chi connectivity index (χ0) is 10.6. The molecule has 0 fully saturated rings. The zero-order valence-corrected chi connectivity index (χ0v) is 8.60. The molecule has 1 rings (SSSR count). The molecule has 5 nitrogen and oxygen atoms in total. The SMILES string of the molecule is C=C(C)CNc1cc(Cl)nnc1NN. The normalized spacial score (nSPS) is 9.64. The fourth-order valence-electron chi connectivity index (χ4n) is 0.855. The number of nitrogen functional groups attached to an aromatic ring is 1. The van der Waals surface area contributed by atoms with Gasteiger partial charge in [-0.3, -0.25) is 0 Å². The molecule has 14 heavy (non-hydrogen) atoms. The van der Waals surface area contributed by atoms with Crippen molar-refractivity contribution in [1.82, 2.24) is 10.2 Å². The second-order valence-electron chi connectivity index (χ2n) is 2.88. The van der Waals surface area contributed by atoms with Gasteiger partial charge in [-0.25, -0.2) is 5.84 Å². The zero-order valence-electron chi connectivity index (χ0n) is 7.84. The first-order valence-corrected chi connectivity index (χ1v) is 4.39. The van der Waals surface area contributed by atoms with E-state index in [1.165, 1.54) is 0 Å². The fraction of sp³-hybridized carbons (Fsp3) is 0.250. The molecule has 0 atom stereocenters. The van der Waals surface area contributed by atoms with Crippen molar-refractivity contribution in [2.75, 3.05) is 17.3 Å². The van der Waals surface area contributed by atoms with E-state index in [-0.39, 0.29) is 0 Å². The summed E-state index contributed by atoms with van der Waals surface area (Å²) in [6.45, 7) is 6.32. The first-order chi connectivity index (χ1) is 6.63. The highest BCUT2D eigenvalue weighted by atomic mass is 35.5. The highest BCUT2D eigenvalue weighted by Gasteiger charge is 2.03. The van der Waals surface area contributed by atoms with Gasteiger partial charge in [0.05, 0.1) is 5.69 Å². The summed E-state index contributed by atoms with van der Waals surface area (Å²) in [5, 5.41) is 10.8. The molecule has 4 N–H and O–H groups in total. The maximum atomic E-state index is 5.68. The van der Waals surface area contributed by atoms with Gasteiger partial charge in [0, 0.05) is 12.6 Å². The molecule has 0 bridgehead atoms. The van der Waals surface area contributed by atoms with E-state index >= 15 is 0 Å². The van der Waals surface area contributed by atoms with Crippen molar-refractivity contribution in [3.8, 4) is 0 Å². The van der Waals surface area contributed by atoms with Crippen molar-refractivity contribution in [3.05, 3.63) is 23.4 Å². The van der Waals surface area contributed by atoms with Gasteiger partial charge in [0.1, 0.15) is 0 Å². The third-order valence-electron chi connectivity index (χ3n) is 1.48. The van der Waals surface area contributed by atoms with E-state index < -0.39 is 0 Å². The van der Waals surface area contributed by atoms with Crippen molar-refractivity contribution < 1.29 is 0 Å². The molecule has 1 aromatic heterocycles. The van der Waals surface area contributed by atoms with Crippen LogP contribution in [0.15, 0.2) is 18.2 Å². The van der Waals surface area contributed by atoms with Gasteiger partial charge < -0.3 is 10.7 Å². The third-order valence-corrected chi connectivity index (χ3v) is 1.67. The van der Waals surface area contributed by atoms with Crippen LogP contribution in [-0.2, 0) is 0 Å². The van der Waals surface area contributed by atoms with Crippen molar-refractivity contribution in [3.63, 3.8) is 0 Å². The van der Waals surface area contributed by atoms with Crippen LogP contribution >= 0.6 is 11.6 Å². The number of aromatic nitrogens is 2. The van der Waals surface area contributed by atoms with Gasteiger partial charge in [-0.2, -0.15) is 0 Å². The first-order valence-electron chi connectivity index (χ1n) is 4.01. The molecule has 0 radical (unpaired) electrons. The van der Waals surface area contributed by atoms with Crippen LogP contribution < -0.4 is 16.6 Å². The first kappa shape index (κ1) is 10.7. The average molecular weight is 214 g/mol. The van der Waals surface area contributed by atoms with Gasteiger partial charge in [0.25, 0.3) is 0 Å². The second-order valence-corrected chi connectivity index (χ2v) is 3.27. The lowest BCUT2D eigenvalue weighted by Crippen LogP contribution is -2.13. The topological polar surface area (TPSA) is 75.9 Å².